The fourth-order valence-electron chi connectivity index (χ4n) is 3.94. The van der Waals surface area contributed by atoms with E-state index in [0.29, 0.717) is 30.5 Å². The Labute approximate surface area is 168 Å². The summed E-state index contributed by atoms with van der Waals surface area (Å²) < 4.78 is 0. The minimum absolute atomic E-state index is 0.0782. The van der Waals surface area contributed by atoms with Crippen molar-refractivity contribution in [2.75, 3.05) is 68.3 Å². The molecule has 2 aliphatic rings. The molecule has 0 saturated carbocycles. The Hall–Kier alpha value is -1.93. The lowest BCUT2D eigenvalue weighted by Gasteiger charge is -2.34. The molecule has 2 aliphatic heterocycles. The van der Waals surface area contributed by atoms with Gasteiger partial charge in [-0.2, -0.15) is 9.97 Å². The van der Waals surface area contributed by atoms with Gasteiger partial charge in [0.05, 0.1) is 6.42 Å². The predicted octanol–water partition coefficient (Wildman–Crippen LogP) is 1.58. The molecule has 0 aliphatic carbocycles. The fraction of sp³-hybridized carbons (Fsp3) is 0.750. The summed E-state index contributed by atoms with van der Waals surface area (Å²) in [5, 5.41) is 3.22. The van der Waals surface area contributed by atoms with Gasteiger partial charge < -0.3 is 20.9 Å². The monoisotopic (exact) mass is 389 g/mol. The zero-order valence-electron chi connectivity index (χ0n) is 17.4. The van der Waals surface area contributed by atoms with E-state index in [0.717, 1.165) is 64.1 Å². The summed E-state index contributed by atoms with van der Waals surface area (Å²) in [5.74, 6) is 1.72. The molecule has 3 heterocycles. The number of fused-ring (bicyclic) bond motifs is 1. The molecule has 28 heavy (non-hydrogen) atoms. The van der Waals surface area contributed by atoms with Gasteiger partial charge in [0, 0.05) is 44.8 Å². The molecule has 3 rings (SSSR count). The van der Waals surface area contributed by atoms with Gasteiger partial charge in [-0.15, -0.1) is 0 Å². The molecule has 1 amide bonds. The van der Waals surface area contributed by atoms with Crippen molar-refractivity contribution in [3.8, 4) is 0 Å². The van der Waals surface area contributed by atoms with Crippen LogP contribution in [0.25, 0.3) is 0 Å². The lowest BCUT2D eigenvalue weighted by Crippen LogP contribution is -2.47. The molecule has 156 valence electrons. The smallest absolute Gasteiger partial charge is 0.232 e. The lowest BCUT2D eigenvalue weighted by atomic mass is 10.2. The van der Waals surface area contributed by atoms with Gasteiger partial charge in [0.15, 0.2) is 0 Å². The number of nitrogens with zero attached hydrogens (tertiary/aromatic N) is 5. The fourth-order valence-corrected chi connectivity index (χ4v) is 3.94. The van der Waals surface area contributed by atoms with E-state index in [1.807, 2.05) is 0 Å². The van der Waals surface area contributed by atoms with Crippen LogP contribution in [-0.4, -0.2) is 78.0 Å². The van der Waals surface area contributed by atoms with Crippen molar-refractivity contribution in [3.05, 3.63) is 5.56 Å². The molecule has 0 atom stereocenters. The Bertz CT molecular complexity index is 658. The molecule has 1 saturated heterocycles. The van der Waals surface area contributed by atoms with Crippen LogP contribution in [0.15, 0.2) is 0 Å². The van der Waals surface area contributed by atoms with E-state index < -0.39 is 0 Å². The summed E-state index contributed by atoms with van der Waals surface area (Å²) in [4.78, 5) is 28.3. The molecule has 0 spiro atoms. The van der Waals surface area contributed by atoms with Crippen LogP contribution in [0, 0.1) is 0 Å². The summed E-state index contributed by atoms with van der Waals surface area (Å²) in [7, 11) is 0. The largest absolute Gasteiger partial charge is 0.383 e. The number of carbonyl (C=O) groups is 1. The van der Waals surface area contributed by atoms with Gasteiger partial charge in [-0.3, -0.25) is 9.69 Å². The highest BCUT2D eigenvalue weighted by Crippen LogP contribution is 2.31. The third-order valence-electron chi connectivity index (χ3n) is 5.58. The Morgan fingerprint density at radius 1 is 0.964 bits per heavy atom. The predicted molar refractivity (Wildman–Crippen MR) is 114 cm³/mol. The highest BCUT2D eigenvalue weighted by molar-refractivity contribution is 6.01. The van der Waals surface area contributed by atoms with Crippen molar-refractivity contribution < 1.29 is 4.79 Å². The number of hydrogen-bond acceptors (Lipinski definition) is 7. The molecule has 1 fully saturated rings. The number of amides is 1. The molecule has 0 bridgehead atoms. The number of carbonyl (C=O) groups excluding carboxylic acids is 1. The average Bonchev–Trinajstić information content (AvgIpc) is 3.00. The standard InChI is InChI=1S/C20H35N7O/c1-3-5-7-22-20-23-18(21)16-15-17(28)27(19(16)24-20)10-6-9-26-13-11-25(8-4-2)12-14-26/h3-15H2,1-2H3,(H3,21,22,23,24). The maximum absolute atomic E-state index is 12.5. The Morgan fingerprint density at radius 2 is 1.68 bits per heavy atom. The van der Waals surface area contributed by atoms with Gasteiger partial charge >= 0.3 is 0 Å². The first-order valence-corrected chi connectivity index (χ1v) is 10.8. The van der Waals surface area contributed by atoms with Gasteiger partial charge in [0.2, 0.25) is 11.9 Å². The number of nitrogen functional groups attached to an aromatic ring is 1. The Balaban J connectivity index is 1.53. The van der Waals surface area contributed by atoms with Gasteiger partial charge in [-0.05, 0) is 32.4 Å². The number of unbranched alkanes of at least 4 members (excludes halogenated alkanes) is 1. The third kappa shape index (κ3) is 5.11. The normalized spacial score (nSPS) is 17.9. The van der Waals surface area contributed by atoms with E-state index in [1.54, 1.807) is 4.90 Å². The molecule has 1 aromatic rings. The van der Waals surface area contributed by atoms with Gasteiger partial charge in [-0.25, -0.2) is 0 Å². The van der Waals surface area contributed by atoms with Crippen LogP contribution in [0.1, 0.15) is 45.1 Å². The first-order chi connectivity index (χ1) is 13.6. The van der Waals surface area contributed by atoms with Crippen molar-refractivity contribution in [1.29, 1.82) is 0 Å². The molecule has 3 N–H and O–H groups in total. The van der Waals surface area contributed by atoms with E-state index in [-0.39, 0.29) is 5.91 Å². The quantitative estimate of drug-likeness (QED) is 0.587. The molecule has 8 nitrogen and oxygen atoms in total. The van der Waals surface area contributed by atoms with E-state index in [2.05, 4.69) is 38.9 Å². The molecule has 0 unspecified atom stereocenters. The second kappa shape index (κ2) is 10.0. The minimum Gasteiger partial charge on any atom is -0.383 e. The van der Waals surface area contributed by atoms with E-state index in [1.165, 1.54) is 13.0 Å². The number of rotatable bonds is 10. The molecule has 0 aromatic carbocycles. The molecular weight excluding hydrogens is 354 g/mol. The van der Waals surface area contributed by atoms with Gasteiger partial charge in [0.25, 0.3) is 0 Å². The molecule has 0 radical (unpaired) electrons. The summed E-state index contributed by atoms with van der Waals surface area (Å²) in [6.07, 6.45) is 4.63. The topological polar surface area (TPSA) is 90.6 Å². The second-order valence-electron chi connectivity index (χ2n) is 7.77. The first-order valence-electron chi connectivity index (χ1n) is 10.8. The second-order valence-corrected chi connectivity index (χ2v) is 7.77. The van der Waals surface area contributed by atoms with Crippen LogP contribution in [0.2, 0.25) is 0 Å². The van der Waals surface area contributed by atoms with E-state index in [9.17, 15) is 4.79 Å². The number of nitrogens with two attached hydrogens (primary N) is 1. The number of piperazine rings is 1. The van der Waals surface area contributed by atoms with Gasteiger partial charge in [0.1, 0.15) is 11.6 Å². The van der Waals surface area contributed by atoms with Crippen LogP contribution in [0.4, 0.5) is 17.6 Å². The van der Waals surface area contributed by atoms with Crippen molar-refractivity contribution in [3.63, 3.8) is 0 Å². The first kappa shape index (κ1) is 20.8. The molecular formula is C20H35N7O. The lowest BCUT2D eigenvalue weighted by molar-refractivity contribution is -0.117. The Morgan fingerprint density at radius 3 is 2.36 bits per heavy atom. The van der Waals surface area contributed by atoms with Crippen molar-refractivity contribution in [2.45, 2.75) is 46.0 Å². The molecule has 8 heteroatoms. The number of anilines is 3. The van der Waals surface area contributed by atoms with Crippen LogP contribution >= 0.6 is 0 Å². The summed E-state index contributed by atoms with van der Waals surface area (Å²) in [6, 6.07) is 0. The van der Waals surface area contributed by atoms with Crippen molar-refractivity contribution in [2.24, 2.45) is 0 Å². The maximum Gasteiger partial charge on any atom is 0.232 e. The van der Waals surface area contributed by atoms with E-state index >= 15 is 0 Å². The summed E-state index contributed by atoms with van der Waals surface area (Å²) in [5.41, 5.74) is 6.88. The third-order valence-corrected chi connectivity index (χ3v) is 5.58. The van der Waals surface area contributed by atoms with Crippen molar-refractivity contribution >= 4 is 23.5 Å². The summed E-state index contributed by atoms with van der Waals surface area (Å²) >= 11 is 0. The SMILES string of the molecule is CCCCNc1nc(N)c2c(n1)N(CCCN1CCN(CCC)CC1)C(=O)C2. The number of hydrogen-bond donors (Lipinski definition) is 2. The maximum atomic E-state index is 12.5. The summed E-state index contributed by atoms with van der Waals surface area (Å²) in [6.45, 7) is 12.6. The van der Waals surface area contributed by atoms with Crippen molar-refractivity contribution in [1.82, 2.24) is 19.8 Å². The highest BCUT2D eigenvalue weighted by Gasteiger charge is 2.31. The average molecular weight is 390 g/mol. The molecule has 1 aromatic heterocycles. The number of nitrogens with one attached hydrogen (secondary N) is 1. The number of aromatic nitrogens is 2. The van der Waals surface area contributed by atoms with Crippen LogP contribution < -0.4 is 16.0 Å². The van der Waals surface area contributed by atoms with Crippen LogP contribution in [-0.2, 0) is 11.2 Å². The highest BCUT2D eigenvalue weighted by atomic mass is 16.2. The van der Waals surface area contributed by atoms with Gasteiger partial charge in [-0.1, -0.05) is 20.3 Å². The zero-order chi connectivity index (χ0) is 19.9. The Kier molecular flexibility index (Phi) is 7.44. The minimum atomic E-state index is 0.0782. The van der Waals surface area contributed by atoms with Crippen LogP contribution in [0.5, 0.6) is 0 Å². The van der Waals surface area contributed by atoms with E-state index in [4.69, 9.17) is 5.73 Å². The van der Waals surface area contributed by atoms with Crippen LogP contribution in [0.3, 0.4) is 0 Å². The zero-order valence-corrected chi connectivity index (χ0v) is 17.4.